The molecule has 2 amide bonds. The minimum atomic E-state index is -0.448. The van der Waals surface area contributed by atoms with Gasteiger partial charge in [0.2, 0.25) is 5.91 Å². The average molecular weight is 299 g/mol. The van der Waals surface area contributed by atoms with Crippen LogP contribution in [0.15, 0.2) is 54.6 Å². The van der Waals surface area contributed by atoms with Gasteiger partial charge in [-0.15, -0.1) is 0 Å². The van der Waals surface area contributed by atoms with Crippen molar-refractivity contribution < 1.29 is 19.3 Å². The molecule has 1 heterocycles. The highest BCUT2D eigenvalue weighted by atomic mass is 19.1. The number of hydrogen-bond acceptors (Lipinski definition) is 2. The molecular formula is C17H16FN2O2+. The number of benzene rings is 2. The van der Waals surface area contributed by atoms with E-state index in [0.717, 1.165) is 5.56 Å². The summed E-state index contributed by atoms with van der Waals surface area (Å²) in [4.78, 5) is 25.7. The highest BCUT2D eigenvalue weighted by Crippen LogP contribution is 2.20. The van der Waals surface area contributed by atoms with Crippen molar-refractivity contribution in [1.29, 1.82) is 0 Å². The number of nitrogens with zero attached hydrogens (tertiary/aromatic N) is 1. The van der Waals surface area contributed by atoms with Crippen LogP contribution < -0.4 is 10.2 Å². The van der Waals surface area contributed by atoms with Crippen LogP contribution >= 0.6 is 0 Å². The quantitative estimate of drug-likeness (QED) is 0.863. The normalized spacial score (nSPS) is 18.0. The van der Waals surface area contributed by atoms with E-state index in [0.29, 0.717) is 12.2 Å². The van der Waals surface area contributed by atoms with Crippen molar-refractivity contribution in [3.05, 3.63) is 66.0 Å². The standard InChI is InChI=1S/C17H15FN2O2/c18-13-6-4-5-12(9-13)11-19-15-10-16(21)20(17(15)22)14-7-2-1-3-8-14/h1-9,15,19H,10-11H2/p+1/t15-/m1/s1. The van der Waals surface area contributed by atoms with Crippen LogP contribution in [0.3, 0.4) is 0 Å². The molecule has 5 heteroatoms. The van der Waals surface area contributed by atoms with Crippen molar-refractivity contribution in [2.24, 2.45) is 0 Å². The van der Waals surface area contributed by atoms with Crippen molar-refractivity contribution in [3.63, 3.8) is 0 Å². The number of halogens is 1. The Bertz CT molecular complexity index is 703. The van der Waals surface area contributed by atoms with E-state index in [9.17, 15) is 14.0 Å². The Kier molecular flexibility index (Phi) is 3.98. The van der Waals surface area contributed by atoms with Crippen molar-refractivity contribution >= 4 is 17.5 Å². The second kappa shape index (κ2) is 6.07. The molecule has 1 atom stereocenters. The maximum absolute atomic E-state index is 13.1. The van der Waals surface area contributed by atoms with Crippen LogP contribution in [0, 0.1) is 5.82 Å². The molecule has 3 rings (SSSR count). The molecule has 2 aromatic rings. The second-order valence-electron chi connectivity index (χ2n) is 5.28. The van der Waals surface area contributed by atoms with Crippen LogP contribution in [0.5, 0.6) is 0 Å². The fourth-order valence-electron chi connectivity index (χ4n) is 2.63. The fraction of sp³-hybridized carbons (Fsp3) is 0.176. The Labute approximate surface area is 127 Å². The SMILES string of the molecule is O=C1C[C@@H]([NH2+]Cc2cccc(F)c2)C(=O)N1c1ccccc1. The zero-order valence-electron chi connectivity index (χ0n) is 11.9. The predicted octanol–water partition coefficient (Wildman–Crippen LogP) is 1.22. The first kappa shape index (κ1) is 14.4. The summed E-state index contributed by atoms with van der Waals surface area (Å²) in [6.45, 7) is 0.462. The molecule has 1 aliphatic rings. The molecule has 0 saturated carbocycles. The molecule has 2 N–H and O–H groups in total. The minimum absolute atomic E-state index is 0.170. The van der Waals surface area contributed by atoms with Crippen LogP contribution in [-0.2, 0) is 16.1 Å². The Hall–Kier alpha value is -2.53. The van der Waals surface area contributed by atoms with Crippen LogP contribution in [0.2, 0.25) is 0 Å². The van der Waals surface area contributed by atoms with Gasteiger partial charge in [0.1, 0.15) is 12.4 Å². The molecular weight excluding hydrogens is 283 g/mol. The molecule has 1 aliphatic heterocycles. The molecule has 0 aliphatic carbocycles. The molecule has 1 saturated heterocycles. The van der Waals surface area contributed by atoms with Crippen LogP contribution in [-0.4, -0.2) is 17.9 Å². The molecule has 0 aromatic heterocycles. The number of imide groups is 1. The zero-order chi connectivity index (χ0) is 15.5. The number of rotatable bonds is 4. The lowest BCUT2D eigenvalue weighted by molar-refractivity contribution is -0.690. The number of nitrogens with two attached hydrogens (primary N) is 1. The van der Waals surface area contributed by atoms with E-state index in [1.54, 1.807) is 41.7 Å². The van der Waals surface area contributed by atoms with E-state index in [1.807, 2.05) is 6.07 Å². The maximum Gasteiger partial charge on any atom is 0.292 e. The first-order valence-electron chi connectivity index (χ1n) is 7.15. The minimum Gasteiger partial charge on any atom is -0.332 e. The Morgan fingerprint density at radius 3 is 2.59 bits per heavy atom. The summed E-state index contributed by atoms with van der Waals surface area (Å²) < 4.78 is 13.1. The van der Waals surface area contributed by atoms with Crippen molar-refractivity contribution in [2.45, 2.75) is 19.0 Å². The van der Waals surface area contributed by atoms with Gasteiger partial charge in [-0.2, -0.15) is 0 Å². The molecule has 22 heavy (non-hydrogen) atoms. The fourth-order valence-corrected chi connectivity index (χ4v) is 2.63. The maximum atomic E-state index is 13.1. The number of amides is 2. The monoisotopic (exact) mass is 299 g/mol. The van der Waals surface area contributed by atoms with E-state index in [1.165, 1.54) is 17.0 Å². The van der Waals surface area contributed by atoms with Crippen molar-refractivity contribution in [2.75, 3.05) is 4.90 Å². The summed E-state index contributed by atoms with van der Waals surface area (Å²) in [6.07, 6.45) is 0.170. The zero-order valence-corrected chi connectivity index (χ0v) is 11.9. The third kappa shape index (κ3) is 2.89. The largest absolute Gasteiger partial charge is 0.332 e. The van der Waals surface area contributed by atoms with Gasteiger partial charge in [-0.25, -0.2) is 9.29 Å². The van der Waals surface area contributed by atoms with Crippen molar-refractivity contribution in [1.82, 2.24) is 0 Å². The van der Waals surface area contributed by atoms with Gasteiger partial charge in [0, 0.05) is 5.56 Å². The smallest absolute Gasteiger partial charge is 0.292 e. The number of anilines is 1. The van der Waals surface area contributed by atoms with Gasteiger partial charge in [0.15, 0.2) is 6.04 Å². The second-order valence-corrected chi connectivity index (χ2v) is 5.28. The molecule has 0 spiro atoms. The van der Waals surface area contributed by atoms with Gasteiger partial charge in [0.25, 0.3) is 5.91 Å². The summed E-state index contributed by atoms with van der Waals surface area (Å²) in [5.41, 5.74) is 1.39. The number of quaternary nitrogens is 1. The third-order valence-electron chi connectivity index (χ3n) is 3.72. The average Bonchev–Trinajstić information content (AvgIpc) is 2.80. The lowest BCUT2D eigenvalue weighted by atomic mass is 10.2. The lowest BCUT2D eigenvalue weighted by Crippen LogP contribution is -2.90. The molecule has 1 fully saturated rings. The Morgan fingerprint density at radius 2 is 1.86 bits per heavy atom. The first-order chi connectivity index (χ1) is 10.6. The molecule has 0 unspecified atom stereocenters. The highest BCUT2D eigenvalue weighted by Gasteiger charge is 2.41. The number of carbonyl (C=O) groups is 2. The summed E-state index contributed by atoms with van der Waals surface area (Å²) in [5.74, 6) is -0.713. The van der Waals surface area contributed by atoms with Gasteiger partial charge in [-0.3, -0.25) is 9.59 Å². The Balaban J connectivity index is 1.69. The predicted molar refractivity (Wildman–Crippen MR) is 79.4 cm³/mol. The number of hydrogen-bond donors (Lipinski definition) is 1. The van der Waals surface area contributed by atoms with E-state index in [-0.39, 0.29) is 24.1 Å². The molecule has 112 valence electrons. The summed E-state index contributed by atoms with van der Waals surface area (Å²) in [7, 11) is 0. The van der Waals surface area contributed by atoms with Crippen LogP contribution in [0.25, 0.3) is 0 Å². The van der Waals surface area contributed by atoms with E-state index in [4.69, 9.17) is 0 Å². The van der Waals surface area contributed by atoms with Gasteiger partial charge in [0.05, 0.1) is 12.1 Å². The van der Waals surface area contributed by atoms with Gasteiger partial charge >= 0.3 is 0 Å². The van der Waals surface area contributed by atoms with E-state index in [2.05, 4.69) is 0 Å². The Morgan fingerprint density at radius 1 is 1.09 bits per heavy atom. The van der Waals surface area contributed by atoms with Gasteiger partial charge < -0.3 is 5.32 Å². The topological polar surface area (TPSA) is 54.0 Å². The third-order valence-corrected chi connectivity index (χ3v) is 3.72. The van der Waals surface area contributed by atoms with Crippen LogP contribution in [0.4, 0.5) is 10.1 Å². The van der Waals surface area contributed by atoms with Gasteiger partial charge in [-0.1, -0.05) is 30.3 Å². The number of carbonyl (C=O) groups excluding carboxylic acids is 2. The van der Waals surface area contributed by atoms with E-state index < -0.39 is 6.04 Å². The molecule has 0 radical (unpaired) electrons. The van der Waals surface area contributed by atoms with E-state index >= 15 is 0 Å². The lowest BCUT2D eigenvalue weighted by Gasteiger charge is -2.13. The molecule has 4 nitrogen and oxygen atoms in total. The summed E-state index contributed by atoms with van der Waals surface area (Å²) in [6, 6.07) is 14.7. The summed E-state index contributed by atoms with van der Waals surface area (Å²) in [5, 5.41) is 1.79. The molecule has 0 bridgehead atoms. The number of para-hydroxylation sites is 1. The van der Waals surface area contributed by atoms with Crippen LogP contribution in [0.1, 0.15) is 12.0 Å². The van der Waals surface area contributed by atoms with Crippen molar-refractivity contribution in [3.8, 4) is 0 Å². The molecule has 2 aromatic carbocycles. The highest BCUT2D eigenvalue weighted by molar-refractivity contribution is 6.21. The first-order valence-corrected chi connectivity index (χ1v) is 7.15. The van der Waals surface area contributed by atoms with Gasteiger partial charge in [-0.05, 0) is 24.3 Å². The summed E-state index contributed by atoms with van der Waals surface area (Å²) >= 11 is 0.